The van der Waals surface area contributed by atoms with Crippen molar-refractivity contribution >= 4 is 33.0 Å². The highest BCUT2D eigenvalue weighted by Crippen LogP contribution is 2.31. The Hall–Kier alpha value is -2.07. The van der Waals surface area contributed by atoms with Crippen LogP contribution in [0.4, 0.5) is 18.9 Å². The summed E-state index contributed by atoms with van der Waals surface area (Å²) in [5.74, 6) is -1.01. The summed E-state index contributed by atoms with van der Waals surface area (Å²) in [6.07, 6.45) is 0. The number of halogens is 3. The highest BCUT2D eigenvalue weighted by Gasteiger charge is 2.48. The molecular formula is C16H16F3NO4S2. The van der Waals surface area contributed by atoms with Crippen LogP contribution in [-0.4, -0.2) is 19.8 Å². The van der Waals surface area contributed by atoms with Crippen molar-refractivity contribution in [2.45, 2.75) is 31.7 Å². The van der Waals surface area contributed by atoms with Gasteiger partial charge in [0.05, 0.1) is 4.88 Å². The van der Waals surface area contributed by atoms with E-state index < -0.39 is 27.3 Å². The maximum Gasteiger partial charge on any atom is 0.534 e. The first-order chi connectivity index (χ1) is 11.8. The van der Waals surface area contributed by atoms with Crippen molar-refractivity contribution < 1.29 is 30.6 Å². The van der Waals surface area contributed by atoms with Gasteiger partial charge >= 0.3 is 15.6 Å². The minimum absolute atomic E-state index is 0.107. The van der Waals surface area contributed by atoms with Crippen molar-refractivity contribution in [2.75, 3.05) is 5.32 Å². The fraction of sp³-hybridized carbons (Fsp3) is 0.312. The van der Waals surface area contributed by atoms with Gasteiger partial charge in [-0.15, -0.1) is 11.3 Å². The second-order valence-corrected chi connectivity index (χ2v) is 9.00. The zero-order valence-electron chi connectivity index (χ0n) is 14.0. The van der Waals surface area contributed by atoms with E-state index in [9.17, 15) is 26.4 Å². The summed E-state index contributed by atoms with van der Waals surface area (Å²) in [4.78, 5) is 13.7. The summed E-state index contributed by atoms with van der Waals surface area (Å²) < 4.78 is 63.2. The maximum absolute atomic E-state index is 12.4. The van der Waals surface area contributed by atoms with Gasteiger partial charge in [-0.2, -0.15) is 21.6 Å². The fourth-order valence-electron chi connectivity index (χ4n) is 1.86. The molecule has 1 N–H and O–H groups in total. The van der Waals surface area contributed by atoms with Crippen LogP contribution in [0.5, 0.6) is 5.75 Å². The average molecular weight is 407 g/mol. The van der Waals surface area contributed by atoms with Crippen LogP contribution < -0.4 is 9.50 Å². The number of rotatable bonds is 4. The Morgan fingerprint density at radius 2 is 1.77 bits per heavy atom. The molecule has 5 nitrogen and oxygen atoms in total. The van der Waals surface area contributed by atoms with Crippen molar-refractivity contribution in [1.29, 1.82) is 0 Å². The number of carbonyl (C=O) groups is 1. The Bertz CT molecular complexity index is 912. The van der Waals surface area contributed by atoms with Crippen molar-refractivity contribution in [1.82, 2.24) is 0 Å². The minimum Gasteiger partial charge on any atom is -0.376 e. The van der Waals surface area contributed by atoms with Crippen LogP contribution in [0.15, 0.2) is 36.4 Å². The molecule has 0 aliphatic rings. The van der Waals surface area contributed by atoms with E-state index in [0.29, 0.717) is 4.88 Å². The Morgan fingerprint density at radius 3 is 2.31 bits per heavy atom. The molecule has 2 rings (SSSR count). The number of thiophene rings is 1. The van der Waals surface area contributed by atoms with Gasteiger partial charge in [0.25, 0.3) is 5.91 Å². The first-order valence-electron chi connectivity index (χ1n) is 7.32. The first kappa shape index (κ1) is 20.2. The van der Waals surface area contributed by atoms with E-state index in [0.717, 1.165) is 17.0 Å². The van der Waals surface area contributed by atoms with Crippen molar-refractivity contribution in [2.24, 2.45) is 0 Å². The van der Waals surface area contributed by atoms with E-state index in [1.807, 2.05) is 26.8 Å². The van der Waals surface area contributed by atoms with E-state index >= 15 is 0 Å². The molecule has 0 aliphatic heterocycles. The molecule has 0 fully saturated rings. The number of amides is 1. The number of alkyl halides is 3. The summed E-state index contributed by atoms with van der Waals surface area (Å²) in [7, 11) is -5.77. The number of carbonyl (C=O) groups excluding carboxylic acids is 1. The molecule has 0 bridgehead atoms. The molecule has 0 atom stereocenters. The van der Waals surface area contributed by atoms with Gasteiger partial charge in [-0.1, -0.05) is 26.8 Å². The molecule has 1 heterocycles. The average Bonchev–Trinajstić information content (AvgIpc) is 2.95. The third kappa shape index (κ3) is 4.76. The number of benzene rings is 1. The molecule has 2 aromatic rings. The summed E-state index contributed by atoms with van der Waals surface area (Å²) in [6, 6.07) is 8.19. The fourth-order valence-corrected chi connectivity index (χ4v) is 3.27. The van der Waals surface area contributed by atoms with Gasteiger partial charge in [0, 0.05) is 16.6 Å². The van der Waals surface area contributed by atoms with Crippen molar-refractivity contribution in [3.05, 3.63) is 46.2 Å². The summed E-state index contributed by atoms with van der Waals surface area (Å²) in [5, 5.41) is 2.50. The van der Waals surface area contributed by atoms with Gasteiger partial charge in [0.1, 0.15) is 5.75 Å². The predicted molar refractivity (Wildman–Crippen MR) is 93.0 cm³/mol. The Kier molecular flexibility index (Phi) is 5.39. The molecule has 0 radical (unpaired) electrons. The summed E-state index contributed by atoms with van der Waals surface area (Å²) >= 11 is 1.30. The smallest absolute Gasteiger partial charge is 0.376 e. The molecule has 0 unspecified atom stereocenters. The van der Waals surface area contributed by atoms with Crippen LogP contribution in [0.25, 0.3) is 0 Å². The van der Waals surface area contributed by atoms with Gasteiger partial charge in [0.15, 0.2) is 0 Å². The van der Waals surface area contributed by atoms with Gasteiger partial charge in [0.2, 0.25) is 0 Å². The van der Waals surface area contributed by atoms with E-state index in [-0.39, 0.29) is 11.1 Å². The zero-order valence-corrected chi connectivity index (χ0v) is 15.7. The molecule has 142 valence electrons. The highest BCUT2D eigenvalue weighted by atomic mass is 32.2. The Morgan fingerprint density at radius 1 is 1.12 bits per heavy atom. The number of nitrogens with one attached hydrogen (secondary N) is 1. The SMILES string of the molecule is CC(C)(C)c1ccc(C(=O)Nc2cccc(OS(=O)(=O)C(F)(F)F)c2)s1. The lowest BCUT2D eigenvalue weighted by Crippen LogP contribution is -2.28. The monoisotopic (exact) mass is 407 g/mol. The third-order valence-electron chi connectivity index (χ3n) is 3.15. The molecule has 0 saturated heterocycles. The molecule has 1 amide bonds. The molecule has 1 aromatic carbocycles. The molecular weight excluding hydrogens is 391 g/mol. The van der Waals surface area contributed by atoms with Crippen LogP contribution in [0.3, 0.4) is 0 Å². The van der Waals surface area contributed by atoms with Crippen LogP contribution in [0.1, 0.15) is 35.3 Å². The van der Waals surface area contributed by atoms with Crippen LogP contribution in [0, 0.1) is 0 Å². The van der Waals surface area contributed by atoms with Crippen molar-refractivity contribution in [3.63, 3.8) is 0 Å². The van der Waals surface area contributed by atoms with Gasteiger partial charge < -0.3 is 9.50 Å². The topological polar surface area (TPSA) is 72.5 Å². The van der Waals surface area contributed by atoms with Crippen molar-refractivity contribution in [3.8, 4) is 5.75 Å². The van der Waals surface area contributed by atoms with Gasteiger partial charge in [-0.3, -0.25) is 4.79 Å². The standard InChI is InChI=1S/C16H16F3NO4S2/c1-15(2,3)13-8-7-12(25-13)14(21)20-10-5-4-6-11(9-10)24-26(22,23)16(17,18)19/h4-9H,1-3H3,(H,20,21). The first-order valence-corrected chi connectivity index (χ1v) is 9.54. The maximum atomic E-state index is 12.4. The molecule has 0 aliphatic carbocycles. The molecule has 0 spiro atoms. The third-order valence-corrected chi connectivity index (χ3v) is 5.64. The lowest BCUT2D eigenvalue weighted by Gasteiger charge is -2.15. The van der Waals surface area contributed by atoms with Gasteiger partial charge in [-0.25, -0.2) is 0 Å². The normalized spacial score (nSPS) is 12.7. The van der Waals surface area contributed by atoms with E-state index in [2.05, 4.69) is 9.50 Å². The zero-order chi connectivity index (χ0) is 19.8. The van der Waals surface area contributed by atoms with Crippen LogP contribution in [0.2, 0.25) is 0 Å². The Labute approximate surface area is 152 Å². The predicted octanol–water partition coefficient (Wildman–Crippen LogP) is 4.53. The lowest BCUT2D eigenvalue weighted by atomic mass is 9.95. The van der Waals surface area contributed by atoms with Gasteiger partial charge in [-0.05, 0) is 29.7 Å². The lowest BCUT2D eigenvalue weighted by molar-refractivity contribution is -0.0500. The van der Waals surface area contributed by atoms with E-state index in [1.165, 1.54) is 23.5 Å². The quantitative estimate of drug-likeness (QED) is 0.597. The molecule has 1 aromatic heterocycles. The highest BCUT2D eigenvalue weighted by molar-refractivity contribution is 7.88. The van der Waals surface area contributed by atoms with E-state index in [4.69, 9.17) is 0 Å². The summed E-state index contributed by atoms with van der Waals surface area (Å²) in [5.41, 5.74) is -5.55. The summed E-state index contributed by atoms with van der Waals surface area (Å²) in [6.45, 7) is 6.01. The van der Waals surface area contributed by atoms with Crippen LogP contribution >= 0.6 is 11.3 Å². The second-order valence-electron chi connectivity index (χ2n) is 6.38. The Balaban J connectivity index is 2.16. The number of hydrogen-bond donors (Lipinski definition) is 1. The van der Waals surface area contributed by atoms with Crippen LogP contribution in [-0.2, 0) is 15.5 Å². The molecule has 0 saturated carbocycles. The number of hydrogen-bond acceptors (Lipinski definition) is 5. The second kappa shape index (κ2) is 6.92. The minimum atomic E-state index is -5.77. The van der Waals surface area contributed by atoms with E-state index in [1.54, 1.807) is 6.07 Å². The molecule has 10 heteroatoms. The number of anilines is 1. The molecule has 26 heavy (non-hydrogen) atoms. The largest absolute Gasteiger partial charge is 0.534 e.